The van der Waals surface area contributed by atoms with Gasteiger partial charge >= 0.3 is 0 Å². The second-order valence-corrected chi connectivity index (χ2v) is 4.85. The number of hydrogen-bond donors (Lipinski definition) is 1. The molecule has 1 aliphatic heterocycles. The van der Waals surface area contributed by atoms with E-state index in [-0.39, 0.29) is 12.7 Å². The van der Waals surface area contributed by atoms with Crippen molar-refractivity contribution in [3.63, 3.8) is 0 Å². The lowest BCUT2D eigenvalue weighted by molar-refractivity contribution is 0.00748. The second kappa shape index (κ2) is 5.19. The van der Waals surface area contributed by atoms with Crippen LogP contribution in [0.2, 0.25) is 0 Å². The number of fused-ring (bicyclic) bond motifs is 1. The van der Waals surface area contributed by atoms with Crippen molar-refractivity contribution < 1.29 is 14.6 Å². The highest BCUT2D eigenvalue weighted by Crippen LogP contribution is 2.23. The van der Waals surface area contributed by atoms with E-state index in [0.29, 0.717) is 12.4 Å². The molecule has 1 fully saturated rings. The van der Waals surface area contributed by atoms with Crippen LogP contribution in [0.5, 0.6) is 5.75 Å². The molecule has 1 N–H and O–H groups in total. The third-order valence-corrected chi connectivity index (χ3v) is 3.51. The van der Waals surface area contributed by atoms with Gasteiger partial charge in [-0.2, -0.15) is 0 Å². The summed E-state index contributed by atoms with van der Waals surface area (Å²) in [5.74, 6) is 1.49. The fourth-order valence-electron chi connectivity index (χ4n) is 2.43. The third-order valence-electron chi connectivity index (χ3n) is 3.51. The SMILES string of the molecule is Cn1c(CO)nc2ccc(OC3CCCOC3)cc21. The molecule has 1 aromatic heterocycles. The van der Waals surface area contributed by atoms with Crippen LogP contribution in [0.4, 0.5) is 0 Å². The van der Waals surface area contributed by atoms with Crippen LogP contribution in [0.1, 0.15) is 18.7 Å². The monoisotopic (exact) mass is 262 g/mol. The standard InChI is InChI=1S/C14H18N2O3/c1-16-13-7-10(19-11-3-2-6-18-9-11)4-5-12(13)15-14(16)8-17/h4-5,7,11,17H,2-3,6,8-9H2,1H3. The average Bonchev–Trinajstić information content (AvgIpc) is 2.77. The molecule has 3 rings (SSSR count). The summed E-state index contributed by atoms with van der Waals surface area (Å²) in [6.45, 7) is 1.43. The molecule has 1 saturated heterocycles. The number of nitrogens with zero attached hydrogens (tertiary/aromatic N) is 2. The van der Waals surface area contributed by atoms with Crippen LogP contribution >= 0.6 is 0 Å². The quantitative estimate of drug-likeness (QED) is 0.913. The lowest BCUT2D eigenvalue weighted by Crippen LogP contribution is -2.27. The van der Waals surface area contributed by atoms with Crippen LogP contribution in [-0.4, -0.2) is 34.0 Å². The summed E-state index contributed by atoms with van der Waals surface area (Å²) < 4.78 is 13.2. The van der Waals surface area contributed by atoms with Crippen molar-refractivity contribution in [2.45, 2.75) is 25.6 Å². The van der Waals surface area contributed by atoms with Crippen LogP contribution in [0.3, 0.4) is 0 Å². The Labute approximate surface area is 111 Å². The van der Waals surface area contributed by atoms with Gasteiger partial charge in [-0.15, -0.1) is 0 Å². The third kappa shape index (κ3) is 2.43. The summed E-state index contributed by atoms with van der Waals surface area (Å²) in [6.07, 6.45) is 2.22. The van der Waals surface area contributed by atoms with Crippen molar-refractivity contribution in [3.8, 4) is 5.75 Å². The summed E-state index contributed by atoms with van der Waals surface area (Å²) in [4.78, 5) is 4.35. The van der Waals surface area contributed by atoms with E-state index >= 15 is 0 Å². The molecule has 0 bridgehead atoms. The maximum atomic E-state index is 9.22. The average molecular weight is 262 g/mol. The van der Waals surface area contributed by atoms with Gasteiger partial charge in [-0.05, 0) is 25.0 Å². The first-order valence-electron chi connectivity index (χ1n) is 6.58. The Morgan fingerprint density at radius 1 is 1.53 bits per heavy atom. The number of imidazole rings is 1. The molecule has 1 aliphatic rings. The molecular formula is C14H18N2O3. The number of hydrogen-bond acceptors (Lipinski definition) is 4. The zero-order valence-electron chi connectivity index (χ0n) is 11.0. The van der Waals surface area contributed by atoms with Crippen LogP contribution < -0.4 is 4.74 Å². The molecule has 1 atom stereocenters. The molecule has 0 radical (unpaired) electrons. The first-order chi connectivity index (χ1) is 9.28. The molecule has 1 unspecified atom stereocenters. The lowest BCUT2D eigenvalue weighted by atomic mass is 10.2. The van der Waals surface area contributed by atoms with Crippen molar-refractivity contribution in [2.24, 2.45) is 7.05 Å². The smallest absolute Gasteiger partial charge is 0.135 e. The summed E-state index contributed by atoms with van der Waals surface area (Å²) in [7, 11) is 1.90. The van der Waals surface area contributed by atoms with Crippen LogP contribution in [0, 0.1) is 0 Å². The highest BCUT2D eigenvalue weighted by atomic mass is 16.5. The molecule has 0 aliphatic carbocycles. The molecule has 5 nitrogen and oxygen atoms in total. The number of ether oxygens (including phenoxy) is 2. The van der Waals surface area contributed by atoms with Gasteiger partial charge in [0.05, 0.1) is 17.6 Å². The molecule has 0 amide bonds. The first kappa shape index (κ1) is 12.4. The first-order valence-corrected chi connectivity index (χ1v) is 6.58. The molecule has 0 spiro atoms. The molecule has 2 aromatic rings. The van der Waals surface area contributed by atoms with E-state index in [1.54, 1.807) is 0 Å². The number of rotatable bonds is 3. The summed E-state index contributed by atoms with van der Waals surface area (Å²) >= 11 is 0. The van der Waals surface area contributed by atoms with Gasteiger partial charge in [0.25, 0.3) is 0 Å². The Morgan fingerprint density at radius 3 is 3.16 bits per heavy atom. The molecule has 2 heterocycles. The van der Waals surface area contributed by atoms with Gasteiger partial charge in [-0.3, -0.25) is 0 Å². The lowest BCUT2D eigenvalue weighted by Gasteiger charge is -2.23. The fraction of sp³-hybridized carbons (Fsp3) is 0.500. The van der Waals surface area contributed by atoms with E-state index in [1.807, 2.05) is 29.8 Å². The van der Waals surface area contributed by atoms with Crippen molar-refractivity contribution in [2.75, 3.05) is 13.2 Å². The summed E-state index contributed by atoms with van der Waals surface area (Å²) in [5.41, 5.74) is 1.84. The normalized spacial score (nSPS) is 19.8. The predicted molar refractivity (Wildman–Crippen MR) is 71.1 cm³/mol. The van der Waals surface area contributed by atoms with Gasteiger partial charge in [0, 0.05) is 19.7 Å². The predicted octanol–water partition coefficient (Wildman–Crippen LogP) is 1.62. The van der Waals surface area contributed by atoms with Gasteiger partial charge < -0.3 is 19.1 Å². The Morgan fingerprint density at radius 2 is 2.42 bits per heavy atom. The van der Waals surface area contributed by atoms with E-state index in [1.165, 1.54) is 0 Å². The van der Waals surface area contributed by atoms with E-state index in [2.05, 4.69) is 4.98 Å². The zero-order valence-corrected chi connectivity index (χ0v) is 11.0. The van der Waals surface area contributed by atoms with E-state index < -0.39 is 0 Å². The van der Waals surface area contributed by atoms with Crippen LogP contribution in [0.15, 0.2) is 18.2 Å². The minimum Gasteiger partial charge on any atom is -0.488 e. The second-order valence-electron chi connectivity index (χ2n) is 4.85. The Kier molecular flexibility index (Phi) is 3.40. The van der Waals surface area contributed by atoms with Crippen molar-refractivity contribution in [1.29, 1.82) is 0 Å². The maximum absolute atomic E-state index is 9.22. The molecule has 102 valence electrons. The van der Waals surface area contributed by atoms with E-state index in [9.17, 15) is 5.11 Å². The molecule has 1 aromatic carbocycles. The number of aromatic nitrogens is 2. The topological polar surface area (TPSA) is 56.5 Å². The number of benzene rings is 1. The van der Waals surface area contributed by atoms with Crippen LogP contribution in [-0.2, 0) is 18.4 Å². The fourth-order valence-corrected chi connectivity index (χ4v) is 2.43. The minimum absolute atomic E-state index is 0.0577. The largest absolute Gasteiger partial charge is 0.488 e. The number of aryl methyl sites for hydroxylation is 1. The molecule has 19 heavy (non-hydrogen) atoms. The van der Waals surface area contributed by atoms with E-state index in [4.69, 9.17) is 9.47 Å². The van der Waals surface area contributed by atoms with Crippen molar-refractivity contribution in [3.05, 3.63) is 24.0 Å². The van der Waals surface area contributed by atoms with Gasteiger partial charge in [-0.25, -0.2) is 4.98 Å². The highest BCUT2D eigenvalue weighted by Gasteiger charge is 2.16. The Hall–Kier alpha value is -1.59. The zero-order chi connectivity index (χ0) is 13.2. The highest BCUT2D eigenvalue weighted by molar-refractivity contribution is 5.77. The van der Waals surface area contributed by atoms with Gasteiger partial charge in [0.15, 0.2) is 0 Å². The van der Waals surface area contributed by atoms with Crippen molar-refractivity contribution in [1.82, 2.24) is 9.55 Å². The summed E-state index contributed by atoms with van der Waals surface area (Å²) in [6, 6.07) is 5.81. The van der Waals surface area contributed by atoms with Gasteiger partial charge in [-0.1, -0.05) is 0 Å². The van der Waals surface area contributed by atoms with Gasteiger partial charge in [0.1, 0.15) is 24.3 Å². The molecular weight excluding hydrogens is 244 g/mol. The number of aliphatic hydroxyl groups is 1. The summed E-state index contributed by atoms with van der Waals surface area (Å²) in [5, 5.41) is 9.22. The van der Waals surface area contributed by atoms with Gasteiger partial charge in [0.2, 0.25) is 0 Å². The Balaban J connectivity index is 1.86. The Bertz CT molecular complexity index is 573. The number of aliphatic hydroxyl groups excluding tert-OH is 1. The maximum Gasteiger partial charge on any atom is 0.135 e. The van der Waals surface area contributed by atoms with E-state index in [0.717, 1.165) is 36.2 Å². The molecule has 5 heteroatoms. The van der Waals surface area contributed by atoms with Crippen LogP contribution in [0.25, 0.3) is 11.0 Å². The molecule has 0 saturated carbocycles. The van der Waals surface area contributed by atoms with Crippen molar-refractivity contribution >= 4 is 11.0 Å². The minimum atomic E-state index is -0.0577.